The van der Waals surface area contributed by atoms with Gasteiger partial charge in [0.15, 0.2) is 0 Å². The van der Waals surface area contributed by atoms with E-state index in [0.29, 0.717) is 12.5 Å². The van der Waals surface area contributed by atoms with E-state index in [-0.39, 0.29) is 5.75 Å². The van der Waals surface area contributed by atoms with Gasteiger partial charge in [0.25, 0.3) is 0 Å². The highest BCUT2D eigenvalue weighted by Gasteiger charge is 2.16. The van der Waals surface area contributed by atoms with Crippen LogP contribution >= 0.6 is 0 Å². The van der Waals surface area contributed by atoms with E-state index < -0.39 is 11.1 Å². The fourth-order valence-corrected chi connectivity index (χ4v) is 2.06. The number of nitrogens with two attached hydrogens (primary N) is 1. The summed E-state index contributed by atoms with van der Waals surface area (Å²) in [5, 5.41) is 0. The second-order valence-electron chi connectivity index (χ2n) is 3.53. The minimum atomic E-state index is -1.89. The normalized spacial score (nSPS) is 23.2. The monoisotopic (exact) mass is 205 g/mol. The summed E-state index contributed by atoms with van der Waals surface area (Å²) in [7, 11) is 0. The van der Waals surface area contributed by atoms with Gasteiger partial charge in [0, 0.05) is 12.3 Å². The minimum Gasteiger partial charge on any atom is -0.772 e. The molecule has 1 atom stereocenters. The van der Waals surface area contributed by atoms with Gasteiger partial charge in [0.05, 0.1) is 0 Å². The van der Waals surface area contributed by atoms with E-state index in [0.717, 1.165) is 32.5 Å². The van der Waals surface area contributed by atoms with E-state index >= 15 is 0 Å². The maximum atomic E-state index is 10.3. The third-order valence-corrected chi connectivity index (χ3v) is 3.13. The zero-order chi connectivity index (χ0) is 9.68. The topological polar surface area (TPSA) is 69.4 Å². The zero-order valence-corrected chi connectivity index (χ0v) is 8.59. The molecule has 78 valence electrons. The molecule has 0 aromatic rings. The van der Waals surface area contributed by atoms with Crippen LogP contribution < -0.4 is 5.73 Å². The van der Waals surface area contributed by atoms with Crippen molar-refractivity contribution in [3.8, 4) is 0 Å². The van der Waals surface area contributed by atoms with Crippen molar-refractivity contribution in [2.75, 3.05) is 31.9 Å². The molecule has 4 nitrogen and oxygen atoms in total. The predicted molar refractivity (Wildman–Crippen MR) is 52.0 cm³/mol. The van der Waals surface area contributed by atoms with Crippen LogP contribution in [0.25, 0.3) is 0 Å². The minimum absolute atomic E-state index is 0.257. The molecule has 5 heteroatoms. The molecule has 1 saturated heterocycles. The summed E-state index contributed by atoms with van der Waals surface area (Å²) in [5.74, 6) is 0.904. The molecule has 2 N–H and O–H groups in total. The van der Waals surface area contributed by atoms with Crippen molar-refractivity contribution in [2.24, 2.45) is 11.7 Å². The van der Waals surface area contributed by atoms with E-state index in [2.05, 4.69) is 4.90 Å². The van der Waals surface area contributed by atoms with Crippen LogP contribution in [0.15, 0.2) is 0 Å². The van der Waals surface area contributed by atoms with Crippen molar-refractivity contribution in [3.63, 3.8) is 0 Å². The first-order valence-electron chi connectivity index (χ1n) is 4.70. The molecule has 1 aliphatic rings. The summed E-state index contributed by atoms with van der Waals surface area (Å²) >= 11 is -1.89. The maximum Gasteiger partial charge on any atom is 0.0229 e. The summed E-state index contributed by atoms with van der Waals surface area (Å²) in [6.45, 7) is 3.44. The van der Waals surface area contributed by atoms with E-state index in [1.54, 1.807) is 0 Å². The van der Waals surface area contributed by atoms with Gasteiger partial charge in [0.1, 0.15) is 0 Å². The molecule has 13 heavy (non-hydrogen) atoms. The van der Waals surface area contributed by atoms with E-state index in [4.69, 9.17) is 5.73 Å². The molecule has 0 aromatic heterocycles. The van der Waals surface area contributed by atoms with Crippen LogP contribution in [-0.2, 0) is 11.1 Å². The first-order chi connectivity index (χ1) is 6.22. The molecule has 0 spiro atoms. The lowest BCUT2D eigenvalue weighted by atomic mass is 9.97. The SMILES string of the molecule is NCC1CCN(CCS(=O)[O-])CC1. The molecule has 1 rings (SSSR count). The van der Waals surface area contributed by atoms with Gasteiger partial charge >= 0.3 is 0 Å². The smallest absolute Gasteiger partial charge is 0.0229 e. The van der Waals surface area contributed by atoms with Crippen molar-refractivity contribution in [1.82, 2.24) is 4.90 Å². The highest BCUT2D eigenvalue weighted by Crippen LogP contribution is 2.15. The van der Waals surface area contributed by atoms with Crippen LogP contribution in [0.5, 0.6) is 0 Å². The summed E-state index contributed by atoms with van der Waals surface area (Å²) in [6.07, 6.45) is 2.23. The molecule has 0 amide bonds. The number of hydrogen-bond acceptors (Lipinski definition) is 4. The Morgan fingerprint density at radius 2 is 2.08 bits per heavy atom. The molecule has 1 fully saturated rings. The number of hydrogen-bond donors (Lipinski definition) is 1. The third-order valence-electron chi connectivity index (χ3n) is 2.61. The largest absolute Gasteiger partial charge is 0.772 e. The fraction of sp³-hybridized carbons (Fsp3) is 1.00. The Labute approximate surface area is 81.8 Å². The number of piperidine rings is 1. The quantitative estimate of drug-likeness (QED) is 0.630. The maximum absolute atomic E-state index is 10.3. The van der Waals surface area contributed by atoms with Crippen LogP contribution in [0, 0.1) is 5.92 Å². The third kappa shape index (κ3) is 4.17. The standard InChI is InChI=1S/C8H18N2O2S/c9-7-8-1-3-10(4-2-8)5-6-13(11)12/h8H,1-7,9H2,(H,11,12)/p-1. The van der Waals surface area contributed by atoms with Crippen molar-refractivity contribution < 1.29 is 8.76 Å². The Morgan fingerprint density at radius 1 is 1.46 bits per heavy atom. The Hall–Kier alpha value is 0.0300. The van der Waals surface area contributed by atoms with E-state index in [1.807, 2.05) is 0 Å². The predicted octanol–water partition coefficient (Wildman–Crippen LogP) is -0.464. The summed E-state index contributed by atoms with van der Waals surface area (Å²) in [6, 6.07) is 0. The molecule has 0 saturated carbocycles. The second kappa shape index (κ2) is 5.70. The van der Waals surface area contributed by atoms with Crippen LogP contribution in [0.3, 0.4) is 0 Å². The Morgan fingerprint density at radius 3 is 2.54 bits per heavy atom. The number of rotatable bonds is 4. The summed E-state index contributed by atoms with van der Waals surface area (Å²) in [5.41, 5.74) is 5.55. The average Bonchev–Trinajstić information content (AvgIpc) is 2.15. The first-order valence-corrected chi connectivity index (χ1v) is 5.95. The van der Waals surface area contributed by atoms with Gasteiger partial charge in [-0.05, 0) is 38.4 Å². The summed E-state index contributed by atoms with van der Waals surface area (Å²) in [4.78, 5) is 2.20. The van der Waals surface area contributed by atoms with Gasteiger partial charge < -0.3 is 15.2 Å². The van der Waals surface area contributed by atoms with Gasteiger partial charge in [-0.25, -0.2) is 0 Å². The van der Waals surface area contributed by atoms with Gasteiger partial charge in [-0.3, -0.25) is 4.21 Å². The fourth-order valence-electron chi connectivity index (χ4n) is 1.65. The lowest BCUT2D eigenvalue weighted by Gasteiger charge is -2.31. The van der Waals surface area contributed by atoms with Crippen LogP contribution in [-0.4, -0.2) is 45.6 Å². The van der Waals surface area contributed by atoms with Gasteiger partial charge in [-0.1, -0.05) is 11.1 Å². The molecule has 0 aromatic carbocycles. The number of likely N-dealkylation sites (tertiary alicyclic amines) is 1. The summed E-state index contributed by atoms with van der Waals surface area (Å²) < 4.78 is 20.6. The Bertz CT molecular complexity index is 170. The lowest BCUT2D eigenvalue weighted by molar-refractivity contribution is 0.196. The van der Waals surface area contributed by atoms with Crippen LogP contribution in [0.1, 0.15) is 12.8 Å². The molecular formula is C8H17N2O2S-. The molecule has 0 aliphatic carbocycles. The molecule has 1 aliphatic heterocycles. The van der Waals surface area contributed by atoms with Gasteiger partial charge in [-0.15, -0.1) is 0 Å². The first kappa shape index (κ1) is 11.1. The second-order valence-corrected chi connectivity index (χ2v) is 4.54. The van der Waals surface area contributed by atoms with Crippen molar-refractivity contribution >= 4 is 11.1 Å². The molecule has 0 bridgehead atoms. The highest BCUT2D eigenvalue weighted by atomic mass is 32.2. The Balaban J connectivity index is 2.14. The Kier molecular flexibility index (Phi) is 4.87. The highest BCUT2D eigenvalue weighted by molar-refractivity contribution is 7.79. The molecule has 1 unspecified atom stereocenters. The molecule has 1 heterocycles. The molecular weight excluding hydrogens is 188 g/mol. The van der Waals surface area contributed by atoms with Crippen LogP contribution in [0.4, 0.5) is 0 Å². The lowest BCUT2D eigenvalue weighted by Crippen LogP contribution is -2.38. The van der Waals surface area contributed by atoms with E-state index in [9.17, 15) is 8.76 Å². The molecule has 0 radical (unpaired) electrons. The average molecular weight is 205 g/mol. The van der Waals surface area contributed by atoms with Crippen molar-refractivity contribution in [1.29, 1.82) is 0 Å². The van der Waals surface area contributed by atoms with Crippen molar-refractivity contribution in [2.45, 2.75) is 12.8 Å². The van der Waals surface area contributed by atoms with Crippen LogP contribution in [0.2, 0.25) is 0 Å². The van der Waals surface area contributed by atoms with Crippen molar-refractivity contribution in [3.05, 3.63) is 0 Å². The van der Waals surface area contributed by atoms with Gasteiger partial charge in [0.2, 0.25) is 0 Å². The van der Waals surface area contributed by atoms with E-state index in [1.165, 1.54) is 0 Å². The number of nitrogens with zero attached hydrogens (tertiary/aromatic N) is 1. The van der Waals surface area contributed by atoms with Gasteiger partial charge in [-0.2, -0.15) is 0 Å². The zero-order valence-electron chi connectivity index (χ0n) is 7.78.